The summed E-state index contributed by atoms with van der Waals surface area (Å²) in [7, 11) is -3.82. The second-order valence-corrected chi connectivity index (χ2v) is 6.88. The lowest BCUT2D eigenvalue weighted by Crippen LogP contribution is -2.14. The summed E-state index contributed by atoms with van der Waals surface area (Å²) in [4.78, 5) is -0.0898. The molecule has 3 N–H and O–H groups in total. The Morgan fingerprint density at radius 1 is 1.20 bits per heavy atom. The molecule has 0 atom stereocenters. The van der Waals surface area contributed by atoms with E-state index >= 15 is 0 Å². The lowest BCUT2D eigenvalue weighted by atomic mass is 10.2. The van der Waals surface area contributed by atoms with Gasteiger partial charge in [0.15, 0.2) is 0 Å². The number of sulfonamides is 1. The van der Waals surface area contributed by atoms with Gasteiger partial charge in [-0.15, -0.1) is 0 Å². The standard InChI is InChI=1S/C13H10IN3O2S/c14-10-2-1-3-12(7-10)17-20(18,19)13-5-4-11(16)6-9(13)8-15/h1-7,17H,16H2. The maximum atomic E-state index is 12.3. The first-order chi connectivity index (χ1) is 9.42. The van der Waals surface area contributed by atoms with Crippen molar-refractivity contribution in [3.63, 3.8) is 0 Å². The van der Waals surface area contributed by atoms with E-state index in [0.717, 1.165) is 3.57 Å². The third kappa shape index (κ3) is 3.20. The number of benzene rings is 2. The molecule has 2 rings (SSSR count). The number of nitrogens with one attached hydrogen (secondary N) is 1. The highest BCUT2D eigenvalue weighted by Crippen LogP contribution is 2.22. The predicted octanol–water partition coefficient (Wildman–Crippen LogP) is 2.55. The van der Waals surface area contributed by atoms with Crippen LogP contribution in [-0.4, -0.2) is 8.42 Å². The second kappa shape index (κ2) is 5.68. The zero-order chi connectivity index (χ0) is 14.8. The summed E-state index contributed by atoms with van der Waals surface area (Å²) in [5.41, 5.74) is 6.35. The minimum atomic E-state index is -3.82. The summed E-state index contributed by atoms with van der Waals surface area (Å²) in [6.45, 7) is 0. The molecule has 102 valence electrons. The molecule has 0 amide bonds. The number of hydrogen-bond acceptors (Lipinski definition) is 4. The van der Waals surface area contributed by atoms with Gasteiger partial charge in [0.25, 0.3) is 10.0 Å². The molecule has 0 heterocycles. The number of hydrogen-bond donors (Lipinski definition) is 2. The molecule has 0 saturated carbocycles. The van der Waals surface area contributed by atoms with E-state index in [9.17, 15) is 8.42 Å². The first kappa shape index (κ1) is 14.6. The summed E-state index contributed by atoms with van der Waals surface area (Å²) < 4.78 is 27.9. The van der Waals surface area contributed by atoms with Crippen molar-refractivity contribution in [1.29, 1.82) is 5.26 Å². The molecule has 0 unspecified atom stereocenters. The number of nitrogens with zero attached hydrogens (tertiary/aromatic N) is 1. The van der Waals surface area contributed by atoms with Crippen LogP contribution in [0.2, 0.25) is 0 Å². The molecule has 0 fully saturated rings. The van der Waals surface area contributed by atoms with Crippen LogP contribution in [0.5, 0.6) is 0 Å². The number of nitriles is 1. The highest BCUT2D eigenvalue weighted by molar-refractivity contribution is 14.1. The maximum absolute atomic E-state index is 12.3. The second-order valence-electron chi connectivity index (χ2n) is 3.98. The first-order valence-corrected chi connectivity index (χ1v) is 8.06. The van der Waals surface area contributed by atoms with E-state index in [-0.39, 0.29) is 10.5 Å². The van der Waals surface area contributed by atoms with Crippen molar-refractivity contribution in [2.24, 2.45) is 0 Å². The van der Waals surface area contributed by atoms with Crippen LogP contribution >= 0.6 is 22.6 Å². The fraction of sp³-hybridized carbons (Fsp3) is 0. The summed E-state index contributed by atoms with van der Waals surface area (Å²) in [6.07, 6.45) is 0. The Kier molecular flexibility index (Phi) is 4.15. The smallest absolute Gasteiger partial charge is 0.263 e. The summed E-state index contributed by atoms with van der Waals surface area (Å²) in [5, 5.41) is 9.02. The Labute approximate surface area is 130 Å². The van der Waals surface area contributed by atoms with Crippen molar-refractivity contribution in [1.82, 2.24) is 0 Å². The van der Waals surface area contributed by atoms with E-state index in [0.29, 0.717) is 11.4 Å². The molecule has 0 saturated heterocycles. The van der Waals surface area contributed by atoms with Gasteiger partial charge in [-0.25, -0.2) is 8.42 Å². The molecule has 0 aliphatic carbocycles. The van der Waals surface area contributed by atoms with Crippen LogP contribution in [0.3, 0.4) is 0 Å². The van der Waals surface area contributed by atoms with Crippen molar-refractivity contribution in [3.8, 4) is 6.07 Å². The highest BCUT2D eigenvalue weighted by atomic mass is 127. The number of rotatable bonds is 3. The Morgan fingerprint density at radius 2 is 1.95 bits per heavy atom. The molecule has 0 aliphatic heterocycles. The maximum Gasteiger partial charge on any atom is 0.263 e. The molecular formula is C13H10IN3O2S. The van der Waals surface area contributed by atoms with Gasteiger partial charge in [-0.3, -0.25) is 4.72 Å². The largest absolute Gasteiger partial charge is 0.399 e. The fourth-order valence-corrected chi connectivity index (χ4v) is 3.36. The van der Waals surface area contributed by atoms with Crippen LogP contribution < -0.4 is 10.5 Å². The topological polar surface area (TPSA) is 96.0 Å². The minimum Gasteiger partial charge on any atom is -0.399 e. The number of nitrogen functional groups attached to an aromatic ring is 1. The summed E-state index contributed by atoms with van der Waals surface area (Å²) in [6, 6.07) is 12.9. The van der Waals surface area contributed by atoms with Gasteiger partial charge in [0, 0.05) is 14.9 Å². The Balaban J connectivity index is 2.44. The first-order valence-electron chi connectivity index (χ1n) is 5.50. The number of halogens is 1. The van der Waals surface area contributed by atoms with Gasteiger partial charge in [0.1, 0.15) is 11.0 Å². The van der Waals surface area contributed by atoms with E-state index < -0.39 is 10.0 Å². The van der Waals surface area contributed by atoms with Gasteiger partial charge in [-0.2, -0.15) is 5.26 Å². The lowest BCUT2D eigenvalue weighted by Gasteiger charge is -2.10. The van der Waals surface area contributed by atoms with E-state index in [1.165, 1.54) is 18.2 Å². The van der Waals surface area contributed by atoms with Crippen LogP contribution in [0.4, 0.5) is 11.4 Å². The van der Waals surface area contributed by atoms with Gasteiger partial charge < -0.3 is 5.73 Å². The molecule has 0 aromatic heterocycles. The van der Waals surface area contributed by atoms with Gasteiger partial charge in [-0.1, -0.05) is 6.07 Å². The molecule has 0 aliphatic rings. The van der Waals surface area contributed by atoms with Crippen LogP contribution in [0.15, 0.2) is 47.4 Å². The predicted molar refractivity (Wildman–Crippen MR) is 85.5 cm³/mol. The third-order valence-electron chi connectivity index (χ3n) is 2.49. The monoisotopic (exact) mass is 399 g/mol. The van der Waals surface area contributed by atoms with E-state index in [2.05, 4.69) is 27.3 Å². The number of nitrogens with two attached hydrogens (primary N) is 1. The van der Waals surface area contributed by atoms with Gasteiger partial charge in [-0.05, 0) is 59.0 Å². The van der Waals surface area contributed by atoms with E-state index in [1.807, 2.05) is 12.1 Å². The zero-order valence-electron chi connectivity index (χ0n) is 10.2. The zero-order valence-corrected chi connectivity index (χ0v) is 13.1. The van der Waals surface area contributed by atoms with Crippen molar-refractivity contribution >= 4 is 44.0 Å². The molecule has 7 heteroatoms. The van der Waals surface area contributed by atoms with Gasteiger partial charge >= 0.3 is 0 Å². The van der Waals surface area contributed by atoms with Crippen molar-refractivity contribution in [2.45, 2.75) is 4.90 Å². The van der Waals surface area contributed by atoms with Crippen molar-refractivity contribution in [3.05, 3.63) is 51.6 Å². The highest BCUT2D eigenvalue weighted by Gasteiger charge is 2.19. The molecule has 2 aromatic carbocycles. The molecular weight excluding hydrogens is 389 g/mol. The summed E-state index contributed by atoms with van der Waals surface area (Å²) in [5.74, 6) is 0. The average molecular weight is 399 g/mol. The molecule has 2 aromatic rings. The fourth-order valence-electron chi connectivity index (χ4n) is 1.63. The van der Waals surface area contributed by atoms with Gasteiger partial charge in [0.2, 0.25) is 0 Å². The van der Waals surface area contributed by atoms with Crippen LogP contribution in [-0.2, 0) is 10.0 Å². The lowest BCUT2D eigenvalue weighted by molar-refractivity contribution is 0.601. The molecule has 5 nitrogen and oxygen atoms in total. The SMILES string of the molecule is N#Cc1cc(N)ccc1S(=O)(=O)Nc1cccc(I)c1. The Hall–Kier alpha value is -1.79. The minimum absolute atomic E-state index is 0.0168. The number of anilines is 2. The van der Waals surface area contributed by atoms with Gasteiger partial charge in [0.05, 0.1) is 5.56 Å². The van der Waals surface area contributed by atoms with Crippen molar-refractivity contribution in [2.75, 3.05) is 10.5 Å². The quantitative estimate of drug-likeness (QED) is 0.613. The summed E-state index contributed by atoms with van der Waals surface area (Å²) >= 11 is 2.09. The molecule has 0 bridgehead atoms. The van der Waals surface area contributed by atoms with Crippen LogP contribution in [0.1, 0.15) is 5.56 Å². The molecule has 0 spiro atoms. The van der Waals surface area contributed by atoms with Crippen molar-refractivity contribution < 1.29 is 8.42 Å². The Bertz CT molecular complexity index is 798. The molecule has 0 radical (unpaired) electrons. The van der Waals surface area contributed by atoms with Crippen LogP contribution in [0, 0.1) is 14.9 Å². The van der Waals surface area contributed by atoms with E-state index in [4.69, 9.17) is 11.0 Å². The normalized spacial score (nSPS) is 10.8. The third-order valence-corrected chi connectivity index (χ3v) is 4.60. The van der Waals surface area contributed by atoms with E-state index in [1.54, 1.807) is 18.2 Å². The Morgan fingerprint density at radius 3 is 2.60 bits per heavy atom. The average Bonchev–Trinajstić information content (AvgIpc) is 2.37. The molecule has 20 heavy (non-hydrogen) atoms. The van der Waals surface area contributed by atoms with Crippen LogP contribution in [0.25, 0.3) is 0 Å².